The van der Waals surface area contributed by atoms with Crippen molar-refractivity contribution in [2.24, 2.45) is 0 Å². The van der Waals surface area contributed by atoms with Gasteiger partial charge in [-0.15, -0.1) is 0 Å². The van der Waals surface area contributed by atoms with Gasteiger partial charge in [-0.1, -0.05) is 53.5 Å². The Labute approximate surface area is 201 Å². The normalized spacial score (nSPS) is 12.0. The van der Waals surface area contributed by atoms with Crippen molar-refractivity contribution in [2.75, 3.05) is 13.2 Å². The van der Waals surface area contributed by atoms with Gasteiger partial charge in [0.25, 0.3) is 0 Å². The monoisotopic (exact) mass is 484 g/mol. The van der Waals surface area contributed by atoms with Gasteiger partial charge in [0.05, 0.1) is 17.5 Å². The zero-order valence-corrected chi connectivity index (χ0v) is 19.4. The van der Waals surface area contributed by atoms with Crippen molar-refractivity contribution < 1.29 is 14.4 Å². The van der Waals surface area contributed by atoms with E-state index in [1.54, 1.807) is 24.3 Å². The van der Waals surface area contributed by atoms with Crippen LogP contribution in [0.25, 0.3) is 10.9 Å². The highest BCUT2D eigenvalue weighted by Crippen LogP contribution is 2.41. The van der Waals surface area contributed by atoms with E-state index in [0.717, 1.165) is 22.0 Å². The number of halogens is 2. The van der Waals surface area contributed by atoms with Gasteiger partial charge in [-0.25, -0.2) is 0 Å². The molecule has 6 nitrogen and oxygen atoms in total. The van der Waals surface area contributed by atoms with Crippen molar-refractivity contribution in [2.45, 2.75) is 19.4 Å². The molecule has 8 heteroatoms. The summed E-state index contributed by atoms with van der Waals surface area (Å²) in [5, 5.41) is 13.5. The van der Waals surface area contributed by atoms with E-state index in [1.807, 2.05) is 49.5 Å². The molecule has 0 spiro atoms. The number of hydrogen-bond acceptors (Lipinski definition) is 4. The van der Waals surface area contributed by atoms with Crippen LogP contribution in [-0.4, -0.2) is 23.1 Å². The Hall–Kier alpha value is -3.22. The SMILES string of the molecule is CCOc1cc([C@H](C[N+](=O)[O-])c2c[nH]c3ccccc23)cc(Cl)c1OCc1ccc(Cl)cc1. The first-order valence-corrected chi connectivity index (χ1v) is 11.2. The summed E-state index contributed by atoms with van der Waals surface area (Å²) >= 11 is 12.6. The molecule has 4 aromatic rings. The predicted octanol–water partition coefficient (Wildman–Crippen LogP) is 6.86. The number of rotatable bonds is 9. The molecule has 0 saturated heterocycles. The highest BCUT2D eigenvalue weighted by molar-refractivity contribution is 6.32. The molecule has 1 atom stereocenters. The lowest BCUT2D eigenvalue weighted by Gasteiger charge is -2.19. The molecule has 0 fully saturated rings. The second kappa shape index (κ2) is 10.1. The summed E-state index contributed by atoms with van der Waals surface area (Å²) in [6.07, 6.45) is 1.82. The Morgan fingerprint density at radius 1 is 1.06 bits per heavy atom. The summed E-state index contributed by atoms with van der Waals surface area (Å²) < 4.78 is 11.8. The van der Waals surface area contributed by atoms with Gasteiger partial charge in [0.2, 0.25) is 6.54 Å². The molecule has 33 heavy (non-hydrogen) atoms. The molecule has 0 aliphatic rings. The minimum Gasteiger partial charge on any atom is -0.490 e. The number of aromatic amines is 1. The van der Waals surface area contributed by atoms with Gasteiger partial charge in [0.15, 0.2) is 11.5 Å². The molecule has 3 aromatic carbocycles. The minimum absolute atomic E-state index is 0.275. The van der Waals surface area contributed by atoms with Crippen LogP contribution in [0.5, 0.6) is 11.5 Å². The predicted molar refractivity (Wildman–Crippen MR) is 130 cm³/mol. The highest BCUT2D eigenvalue weighted by atomic mass is 35.5. The zero-order valence-electron chi connectivity index (χ0n) is 17.9. The van der Waals surface area contributed by atoms with E-state index in [2.05, 4.69) is 4.98 Å². The summed E-state index contributed by atoms with van der Waals surface area (Å²) in [6, 6.07) is 18.5. The first-order valence-electron chi connectivity index (χ1n) is 10.5. The summed E-state index contributed by atoms with van der Waals surface area (Å²) in [6.45, 7) is 2.24. The Morgan fingerprint density at radius 3 is 2.55 bits per heavy atom. The van der Waals surface area contributed by atoms with E-state index in [4.69, 9.17) is 32.7 Å². The van der Waals surface area contributed by atoms with Gasteiger partial charge in [-0.05, 0) is 53.9 Å². The standard InChI is InChI=1S/C25H22Cl2N2O4/c1-2-32-24-12-17(11-22(27)25(24)33-15-16-7-9-18(26)10-8-16)21(14-29(30)31)20-13-28-23-6-4-3-5-19(20)23/h3-13,21,28H,2,14-15H2,1H3/t21-/m0/s1. The first-order chi connectivity index (χ1) is 16.0. The van der Waals surface area contributed by atoms with E-state index in [-0.39, 0.29) is 18.1 Å². The summed E-state index contributed by atoms with van der Waals surface area (Å²) in [5.41, 5.74) is 3.35. The maximum Gasteiger partial charge on any atom is 0.214 e. The fraction of sp³-hybridized carbons (Fsp3) is 0.200. The summed E-state index contributed by atoms with van der Waals surface area (Å²) in [7, 11) is 0. The molecular weight excluding hydrogens is 463 g/mol. The van der Waals surface area contributed by atoms with E-state index >= 15 is 0 Å². The zero-order chi connectivity index (χ0) is 23.4. The fourth-order valence-corrected chi connectivity index (χ4v) is 4.24. The van der Waals surface area contributed by atoms with Crippen LogP contribution in [0, 0.1) is 10.1 Å². The number of benzene rings is 3. The van der Waals surface area contributed by atoms with Gasteiger partial charge >= 0.3 is 0 Å². The second-order valence-corrected chi connectivity index (χ2v) is 8.38. The van der Waals surface area contributed by atoms with Crippen molar-refractivity contribution in [1.29, 1.82) is 0 Å². The highest BCUT2D eigenvalue weighted by Gasteiger charge is 2.26. The third-order valence-electron chi connectivity index (χ3n) is 5.36. The van der Waals surface area contributed by atoms with Crippen molar-refractivity contribution in [3.8, 4) is 11.5 Å². The molecule has 0 bridgehead atoms. The second-order valence-electron chi connectivity index (χ2n) is 7.54. The van der Waals surface area contributed by atoms with Crippen LogP contribution >= 0.6 is 23.2 Å². The molecule has 0 radical (unpaired) electrons. The molecule has 0 aliphatic heterocycles. The molecule has 1 heterocycles. The third-order valence-corrected chi connectivity index (χ3v) is 5.89. The lowest BCUT2D eigenvalue weighted by molar-refractivity contribution is -0.481. The van der Waals surface area contributed by atoms with Crippen LogP contribution in [-0.2, 0) is 6.61 Å². The summed E-state index contributed by atoms with van der Waals surface area (Å²) in [4.78, 5) is 14.4. The maximum absolute atomic E-state index is 11.6. The van der Waals surface area contributed by atoms with Gasteiger partial charge < -0.3 is 14.5 Å². The van der Waals surface area contributed by atoms with Crippen molar-refractivity contribution >= 4 is 34.1 Å². The molecule has 0 amide bonds. The minimum atomic E-state index is -0.516. The van der Waals surface area contributed by atoms with Crippen molar-refractivity contribution in [1.82, 2.24) is 4.98 Å². The van der Waals surface area contributed by atoms with Crippen LogP contribution in [0.1, 0.15) is 29.5 Å². The van der Waals surface area contributed by atoms with Crippen LogP contribution in [0.15, 0.2) is 66.9 Å². The quantitative estimate of drug-likeness (QED) is 0.208. The Bertz CT molecular complexity index is 1270. The molecule has 0 aliphatic carbocycles. The molecular formula is C25H22Cl2N2O4. The van der Waals surface area contributed by atoms with Gasteiger partial charge in [0, 0.05) is 27.0 Å². The molecule has 4 rings (SSSR count). The van der Waals surface area contributed by atoms with Gasteiger partial charge in [-0.2, -0.15) is 0 Å². The summed E-state index contributed by atoms with van der Waals surface area (Å²) in [5.74, 6) is 0.330. The van der Waals surface area contributed by atoms with Crippen molar-refractivity contribution in [3.05, 3.63) is 104 Å². The smallest absolute Gasteiger partial charge is 0.214 e. The largest absolute Gasteiger partial charge is 0.490 e. The first kappa shape index (κ1) is 23.0. The third kappa shape index (κ3) is 5.24. The average molecular weight is 485 g/mol. The number of nitro groups is 1. The van der Waals surface area contributed by atoms with Crippen molar-refractivity contribution in [3.63, 3.8) is 0 Å². The van der Waals surface area contributed by atoms with E-state index in [0.29, 0.717) is 33.7 Å². The lowest BCUT2D eigenvalue weighted by atomic mass is 9.90. The number of nitrogens with one attached hydrogen (secondary N) is 1. The number of H-pyrrole nitrogens is 1. The van der Waals surface area contributed by atoms with Crippen LogP contribution in [0.3, 0.4) is 0 Å². The van der Waals surface area contributed by atoms with E-state index in [1.165, 1.54) is 0 Å². The van der Waals surface area contributed by atoms with E-state index < -0.39 is 5.92 Å². The van der Waals surface area contributed by atoms with E-state index in [9.17, 15) is 10.1 Å². The Morgan fingerprint density at radius 2 is 1.82 bits per heavy atom. The fourth-order valence-electron chi connectivity index (χ4n) is 3.84. The maximum atomic E-state index is 11.6. The van der Waals surface area contributed by atoms with Gasteiger partial charge in [-0.3, -0.25) is 10.1 Å². The molecule has 0 saturated carbocycles. The van der Waals surface area contributed by atoms with Crippen LogP contribution in [0.2, 0.25) is 10.0 Å². The average Bonchev–Trinajstić information content (AvgIpc) is 3.22. The Balaban J connectivity index is 1.72. The molecule has 1 aromatic heterocycles. The topological polar surface area (TPSA) is 77.4 Å². The number of hydrogen-bond donors (Lipinski definition) is 1. The van der Waals surface area contributed by atoms with Crippen LogP contribution < -0.4 is 9.47 Å². The van der Waals surface area contributed by atoms with Gasteiger partial charge in [0.1, 0.15) is 6.61 Å². The number of para-hydroxylation sites is 1. The molecule has 0 unspecified atom stereocenters. The number of nitrogens with zero attached hydrogens (tertiary/aromatic N) is 1. The number of fused-ring (bicyclic) bond motifs is 1. The van der Waals surface area contributed by atoms with Crippen LogP contribution in [0.4, 0.5) is 0 Å². The Kier molecular flexibility index (Phi) is 7.06. The lowest BCUT2D eigenvalue weighted by Crippen LogP contribution is -2.14. The number of ether oxygens (including phenoxy) is 2. The molecule has 1 N–H and O–H groups in total. The number of aromatic nitrogens is 1. The molecule has 170 valence electrons.